The summed E-state index contributed by atoms with van der Waals surface area (Å²) < 4.78 is 38.5. The molecule has 5 nitrogen and oxygen atoms in total. The second-order valence-electron chi connectivity index (χ2n) is 5.95. The van der Waals surface area contributed by atoms with Gasteiger partial charge in [0, 0.05) is 6.54 Å². The number of nitrogens with zero attached hydrogens (tertiary/aromatic N) is 1. The minimum absolute atomic E-state index is 0.160. The molecule has 0 radical (unpaired) electrons. The van der Waals surface area contributed by atoms with Crippen LogP contribution in [0.3, 0.4) is 0 Å². The third-order valence-electron chi connectivity index (χ3n) is 4.42. The predicted octanol–water partition coefficient (Wildman–Crippen LogP) is 3.62. The molecule has 0 saturated carbocycles. The monoisotopic (exact) mass is 361 g/mol. The van der Waals surface area contributed by atoms with Gasteiger partial charge in [-0.15, -0.1) is 0 Å². The Bertz CT molecular complexity index is 818. The zero-order valence-electron chi connectivity index (χ0n) is 14.5. The Morgan fingerprint density at radius 2 is 1.88 bits per heavy atom. The van der Waals surface area contributed by atoms with Crippen molar-refractivity contribution in [2.75, 3.05) is 20.3 Å². The molecule has 3 rings (SSSR count). The van der Waals surface area contributed by atoms with Crippen molar-refractivity contribution in [3.05, 3.63) is 54.1 Å². The molecule has 1 heterocycles. The smallest absolute Gasteiger partial charge is 0.243 e. The van der Waals surface area contributed by atoms with E-state index < -0.39 is 10.0 Å². The molecule has 0 amide bonds. The maximum Gasteiger partial charge on any atom is 0.243 e. The third-order valence-corrected chi connectivity index (χ3v) is 6.35. The number of benzene rings is 2. The van der Waals surface area contributed by atoms with Gasteiger partial charge in [0.2, 0.25) is 10.0 Å². The van der Waals surface area contributed by atoms with E-state index in [-0.39, 0.29) is 6.04 Å². The molecule has 2 aromatic carbocycles. The molecule has 25 heavy (non-hydrogen) atoms. The van der Waals surface area contributed by atoms with Gasteiger partial charge in [-0.2, -0.15) is 4.31 Å². The van der Waals surface area contributed by atoms with Crippen molar-refractivity contribution >= 4 is 10.0 Å². The number of rotatable bonds is 6. The van der Waals surface area contributed by atoms with Crippen LogP contribution in [-0.2, 0) is 10.0 Å². The first kappa shape index (κ1) is 17.8. The Balaban J connectivity index is 1.89. The average molecular weight is 361 g/mol. The van der Waals surface area contributed by atoms with E-state index in [1.807, 2.05) is 31.2 Å². The van der Waals surface area contributed by atoms with Gasteiger partial charge in [0.1, 0.15) is 11.5 Å². The van der Waals surface area contributed by atoms with Crippen LogP contribution in [0.25, 0.3) is 0 Å². The van der Waals surface area contributed by atoms with Gasteiger partial charge in [0.25, 0.3) is 0 Å². The molecule has 0 N–H and O–H groups in total. The van der Waals surface area contributed by atoms with E-state index in [4.69, 9.17) is 9.47 Å². The highest BCUT2D eigenvalue weighted by Gasteiger charge is 2.36. The van der Waals surface area contributed by atoms with Crippen LogP contribution >= 0.6 is 0 Å². The highest BCUT2D eigenvalue weighted by molar-refractivity contribution is 7.89. The molecule has 0 aliphatic carbocycles. The number of hydrogen-bond donors (Lipinski definition) is 0. The fraction of sp³-hybridized carbons (Fsp3) is 0.368. The van der Waals surface area contributed by atoms with Gasteiger partial charge < -0.3 is 9.47 Å². The predicted molar refractivity (Wildman–Crippen MR) is 96.5 cm³/mol. The molecular formula is C19H23NO4S. The Kier molecular flexibility index (Phi) is 5.30. The largest absolute Gasteiger partial charge is 0.497 e. The van der Waals surface area contributed by atoms with Crippen molar-refractivity contribution in [1.82, 2.24) is 4.31 Å². The number of hydrogen-bond acceptors (Lipinski definition) is 4. The van der Waals surface area contributed by atoms with E-state index in [9.17, 15) is 8.42 Å². The summed E-state index contributed by atoms with van der Waals surface area (Å²) in [5.41, 5.74) is 0.964. The number of ether oxygens (including phenoxy) is 2. The zero-order chi connectivity index (χ0) is 17.9. The molecule has 134 valence electrons. The molecule has 0 spiro atoms. The van der Waals surface area contributed by atoms with Crippen molar-refractivity contribution in [2.45, 2.75) is 30.7 Å². The van der Waals surface area contributed by atoms with Crippen molar-refractivity contribution in [3.8, 4) is 11.5 Å². The van der Waals surface area contributed by atoms with E-state index in [0.29, 0.717) is 23.8 Å². The molecule has 1 saturated heterocycles. The van der Waals surface area contributed by atoms with E-state index in [0.717, 1.165) is 24.2 Å². The summed E-state index contributed by atoms with van der Waals surface area (Å²) in [7, 11) is -1.94. The Morgan fingerprint density at radius 1 is 1.12 bits per heavy atom. The van der Waals surface area contributed by atoms with Crippen LogP contribution in [0, 0.1) is 0 Å². The molecule has 1 aliphatic heterocycles. The molecule has 2 aromatic rings. The van der Waals surface area contributed by atoms with E-state index in [2.05, 4.69) is 0 Å². The van der Waals surface area contributed by atoms with Crippen molar-refractivity contribution in [3.63, 3.8) is 0 Å². The lowest BCUT2D eigenvalue weighted by molar-refractivity contribution is 0.340. The lowest BCUT2D eigenvalue weighted by atomic mass is 10.1. The molecular weight excluding hydrogens is 338 g/mol. The second kappa shape index (κ2) is 7.45. The van der Waals surface area contributed by atoms with Crippen LogP contribution in [0.5, 0.6) is 11.5 Å². The van der Waals surface area contributed by atoms with Crippen LogP contribution in [0.4, 0.5) is 0 Å². The summed E-state index contributed by atoms with van der Waals surface area (Å²) in [6.07, 6.45) is 1.65. The fourth-order valence-corrected chi connectivity index (χ4v) is 4.90. The van der Waals surface area contributed by atoms with Crippen LogP contribution in [0.15, 0.2) is 53.4 Å². The number of methoxy groups -OCH3 is 1. The maximum atomic E-state index is 13.1. The minimum atomic E-state index is -3.55. The lowest BCUT2D eigenvalue weighted by Gasteiger charge is -2.25. The quantitative estimate of drug-likeness (QED) is 0.788. The van der Waals surface area contributed by atoms with Gasteiger partial charge in [0.05, 0.1) is 24.7 Å². The Hall–Kier alpha value is -2.05. The molecule has 0 aromatic heterocycles. The molecule has 1 aliphatic rings. The fourth-order valence-electron chi connectivity index (χ4n) is 3.22. The topological polar surface area (TPSA) is 55.8 Å². The molecule has 1 atom stereocenters. The average Bonchev–Trinajstić information content (AvgIpc) is 3.13. The standard InChI is InChI=1S/C19H23NO4S/c1-3-24-16-9-11-18(12-10-16)25(21,22)20-13-5-8-19(20)15-6-4-7-17(14-15)23-2/h4,6-7,9-12,14,19H,3,5,8,13H2,1-2H3. The Labute approximate surface area is 149 Å². The van der Waals surface area contributed by atoms with Crippen LogP contribution in [0.1, 0.15) is 31.4 Å². The number of sulfonamides is 1. The van der Waals surface area contributed by atoms with Crippen molar-refractivity contribution in [1.29, 1.82) is 0 Å². The summed E-state index contributed by atoms with van der Waals surface area (Å²) in [5.74, 6) is 1.41. The first-order chi connectivity index (χ1) is 12.1. The highest BCUT2D eigenvalue weighted by Crippen LogP contribution is 2.37. The normalized spacial score (nSPS) is 18.2. The lowest BCUT2D eigenvalue weighted by Crippen LogP contribution is -2.30. The van der Waals surface area contributed by atoms with Crippen LogP contribution in [-0.4, -0.2) is 33.0 Å². The zero-order valence-corrected chi connectivity index (χ0v) is 15.3. The van der Waals surface area contributed by atoms with E-state index in [1.54, 1.807) is 35.7 Å². The molecule has 1 fully saturated rings. The van der Waals surface area contributed by atoms with Gasteiger partial charge in [0.15, 0.2) is 0 Å². The van der Waals surface area contributed by atoms with Crippen molar-refractivity contribution < 1.29 is 17.9 Å². The SMILES string of the molecule is CCOc1ccc(S(=O)(=O)N2CCCC2c2cccc(OC)c2)cc1. The van der Waals surface area contributed by atoms with Gasteiger partial charge in [-0.25, -0.2) is 8.42 Å². The van der Waals surface area contributed by atoms with Gasteiger partial charge in [-0.1, -0.05) is 12.1 Å². The highest BCUT2D eigenvalue weighted by atomic mass is 32.2. The van der Waals surface area contributed by atoms with E-state index >= 15 is 0 Å². The summed E-state index contributed by atoms with van der Waals surface area (Å²) in [6.45, 7) is 2.97. The van der Waals surface area contributed by atoms with Gasteiger partial charge in [-0.3, -0.25) is 0 Å². The maximum absolute atomic E-state index is 13.1. The first-order valence-corrected chi connectivity index (χ1v) is 9.89. The van der Waals surface area contributed by atoms with E-state index in [1.165, 1.54) is 0 Å². The second-order valence-corrected chi connectivity index (χ2v) is 7.85. The summed E-state index contributed by atoms with van der Waals surface area (Å²) >= 11 is 0. The van der Waals surface area contributed by atoms with Gasteiger partial charge >= 0.3 is 0 Å². The Morgan fingerprint density at radius 3 is 2.56 bits per heavy atom. The summed E-state index contributed by atoms with van der Waals surface area (Å²) in [4.78, 5) is 0.297. The van der Waals surface area contributed by atoms with Crippen molar-refractivity contribution in [2.24, 2.45) is 0 Å². The minimum Gasteiger partial charge on any atom is -0.497 e. The first-order valence-electron chi connectivity index (χ1n) is 8.45. The summed E-state index contributed by atoms with van der Waals surface area (Å²) in [5, 5.41) is 0. The van der Waals surface area contributed by atoms with Crippen LogP contribution < -0.4 is 9.47 Å². The van der Waals surface area contributed by atoms with Crippen LogP contribution in [0.2, 0.25) is 0 Å². The molecule has 6 heteroatoms. The third kappa shape index (κ3) is 3.65. The molecule has 1 unspecified atom stereocenters. The van der Waals surface area contributed by atoms with Gasteiger partial charge in [-0.05, 0) is 61.7 Å². The summed E-state index contributed by atoms with van der Waals surface area (Å²) in [6, 6.07) is 14.1. The molecule has 0 bridgehead atoms.